The van der Waals surface area contributed by atoms with E-state index in [4.69, 9.17) is 19.0 Å². The van der Waals surface area contributed by atoms with Gasteiger partial charge >= 0.3 is 8.80 Å². The lowest BCUT2D eigenvalue weighted by Crippen LogP contribution is -2.43. The molecule has 0 bridgehead atoms. The number of nitrogens with zero attached hydrogens (tertiary/aromatic N) is 1. The van der Waals surface area contributed by atoms with Gasteiger partial charge in [0.1, 0.15) is 0 Å². The molecule has 0 aliphatic rings. The van der Waals surface area contributed by atoms with Crippen molar-refractivity contribution in [2.24, 2.45) is 10.7 Å². The molecule has 22 heavy (non-hydrogen) atoms. The number of nitrogens with two attached hydrogens (primary N) is 1. The van der Waals surface area contributed by atoms with Gasteiger partial charge in [-0.05, 0) is 37.1 Å². The van der Waals surface area contributed by atoms with Crippen LogP contribution < -0.4 is 5.73 Å². The van der Waals surface area contributed by atoms with E-state index in [1.165, 1.54) is 0 Å². The van der Waals surface area contributed by atoms with Gasteiger partial charge in [-0.25, -0.2) is 0 Å². The molecule has 1 aromatic rings. The summed E-state index contributed by atoms with van der Waals surface area (Å²) in [6.45, 7) is 0.601. The second kappa shape index (κ2) is 10.2. The molecule has 0 aromatic heterocycles. The van der Waals surface area contributed by atoms with Crippen molar-refractivity contribution in [3.8, 4) is 0 Å². The van der Waals surface area contributed by atoms with Crippen molar-refractivity contribution in [2.45, 2.75) is 24.9 Å². The maximum Gasteiger partial charge on any atom is 0.500 e. The molecule has 1 rings (SSSR count). The van der Waals surface area contributed by atoms with Crippen LogP contribution in [0.2, 0.25) is 6.04 Å². The monoisotopic (exact) mass is 388 g/mol. The molecule has 0 aliphatic carbocycles. The van der Waals surface area contributed by atoms with Crippen molar-refractivity contribution in [3.05, 3.63) is 34.3 Å². The number of hydrogen-bond donors (Lipinski definition) is 1. The van der Waals surface area contributed by atoms with E-state index in [2.05, 4.69) is 20.9 Å². The predicted octanol–water partition coefficient (Wildman–Crippen LogP) is 2.85. The number of benzene rings is 1. The van der Waals surface area contributed by atoms with E-state index in [9.17, 15) is 0 Å². The largest absolute Gasteiger partial charge is 0.500 e. The van der Waals surface area contributed by atoms with Gasteiger partial charge in [0.25, 0.3) is 0 Å². The zero-order valence-corrected chi connectivity index (χ0v) is 16.0. The first-order valence-corrected chi connectivity index (χ1v) is 9.96. The Morgan fingerprint density at radius 1 is 1.14 bits per heavy atom. The summed E-state index contributed by atoms with van der Waals surface area (Å²) in [6, 6.07) is 8.90. The van der Waals surface area contributed by atoms with E-state index in [1.54, 1.807) is 21.3 Å². The van der Waals surface area contributed by atoms with Gasteiger partial charge < -0.3 is 19.0 Å². The van der Waals surface area contributed by atoms with Gasteiger partial charge in [-0.15, -0.1) is 0 Å². The van der Waals surface area contributed by atoms with Crippen molar-refractivity contribution in [1.82, 2.24) is 0 Å². The molecule has 1 unspecified atom stereocenters. The average molecular weight is 389 g/mol. The van der Waals surface area contributed by atoms with Crippen molar-refractivity contribution >= 4 is 30.9 Å². The Morgan fingerprint density at radius 2 is 1.73 bits per heavy atom. The molecule has 0 radical (unpaired) electrons. The summed E-state index contributed by atoms with van der Waals surface area (Å²) in [5.74, 6) is 0. The number of rotatable bonds is 10. The van der Waals surface area contributed by atoms with Gasteiger partial charge in [-0.3, -0.25) is 4.99 Å². The van der Waals surface area contributed by atoms with E-state index < -0.39 is 8.80 Å². The van der Waals surface area contributed by atoms with E-state index in [0.717, 1.165) is 28.9 Å². The molecule has 1 aromatic carbocycles. The molecule has 0 saturated heterocycles. The summed E-state index contributed by atoms with van der Waals surface area (Å²) in [7, 11) is 2.34. The molecule has 0 amide bonds. The van der Waals surface area contributed by atoms with Gasteiger partial charge in [0.05, 0.1) is 6.04 Å². The van der Waals surface area contributed by atoms with E-state index in [0.29, 0.717) is 6.54 Å². The van der Waals surface area contributed by atoms with Crippen LogP contribution in [-0.4, -0.2) is 48.9 Å². The standard InChI is InChI=1S/C15H25BrN2O3Si/c1-19-22(20-2,21-3)11-9-15(8-10-17)18-12-13-4-6-14(16)7-5-13/h4-7,12,15H,8-11,17H2,1-3H3. The Kier molecular flexibility index (Phi) is 9.07. The minimum absolute atomic E-state index is 0.140. The number of aliphatic imine (C=N–C) groups is 1. The molecule has 0 heterocycles. The molecular formula is C15H25BrN2O3Si. The summed E-state index contributed by atoms with van der Waals surface area (Å²) < 4.78 is 17.4. The number of hydrogen-bond acceptors (Lipinski definition) is 5. The maximum absolute atomic E-state index is 5.69. The molecule has 0 saturated carbocycles. The molecule has 0 aliphatic heterocycles. The minimum atomic E-state index is -2.55. The summed E-state index contributed by atoms with van der Waals surface area (Å²) in [5.41, 5.74) is 6.76. The minimum Gasteiger partial charge on any atom is -0.377 e. The van der Waals surface area contributed by atoms with Gasteiger partial charge in [0, 0.05) is 38.1 Å². The highest BCUT2D eigenvalue weighted by Crippen LogP contribution is 2.19. The van der Waals surface area contributed by atoms with Crippen molar-refractivity contribution < 1.29 is 13.3 Å². The molecule has 1 atom stereocenters. The molecular weight excluding hydrogens is 364 g/mol. The first-order valence-electron chi connectivity index (χ1n) is 7.23. The van der Waals surface area contributed by atoms with Crippen LogP contribution in [0.3, 0.4) is 0 Å². The molecule has 0 spiro atoms. The van der Waals surface area contributed by atoms with Crippen LogP contribution in [0.4, 0.5) is 0 Å². The zero-order chi connectivity index (χ0) is 16.4. The Labute approximate surface area is 142 Å². The smallest absolute Gasteiger partial charge is 0.377 e. The van der Waals surface area contributed by atoms with Gasteiger partial charge in [-0.2, -0.15) is 0 Å². The lowest BCUT2D eigenvalue weighted by molar-refractivity contribution is 0.122. The topological polar surface area (TPSA) is 66.1 Å². The molecule has 124 valence electrons. The van der Waals surface area contributed by atoms with E-state index in [-0.39, 0.29) is 6.04 Å². The first-order chi connectivity index (χ1) is 10.6. The summed E-state index contributed by atoms with van der Waals surface area (Å²) in [5, 5.41) is 0. The SMILES string of the molecule is CO[Si](CCC(CCN)N=Cc1ccc(Br)cc1)(OC)OC. The normalized spacial score (nSPS) is 13.7. The Balaban J connectivity index is 2.66. The maximum atomic E-state index is 5.69. The third-order valence-corrected chi connectivity index (χ3v) is 6.82. The van der Waals surface area contributed by atoms with E-state index >= 15 is 0 Å². The fourth-order valence-corrected chi connectivity index (χ4v) is 4.19. The second-order valence-electron chi connectivity index (χ2n) is 4.89. The van der Waals surface area contributed by atoms with Crippen molar-refractivity contribution in [2.75, 3.05) is 27.9 Å². The third kappa shape index (κ3) is 6.27. The van der Waals surface area contributed by atoms with Crippen molar-refractivity contribution in [3.63, 3.8) is 0 Å². The highest BCUT2D eigenvalue weighted by molar-refractivity contribution is 9.10. The Morgan fingerprint density at radius 3 is 2.23 bits per heavy atom. The van der Waals surface area contributed by atoms with Crippen LogP contribution in [-0.2, 0) is 13.3 Å². The molecule has 7 heteroatoms. The van der Waals surface area contributed by atoms with Crippen LogP contribution in [0, 0.1) is 0 Å². The van der Waals surface area contributed by atoms with Crippen LogP contribution in [0.25, 0.3) is 0 Å². The first kappa shape index (κ1) is 19.5. The predicted molar refractivity (Wildman–Crippen MR) is 95.4 cm³/mol. The number of halogens is 1. The summed E-state index contributed by atoms with van der Waals surface area (Å²) >= 11 is 3.42. The summed E-state index contributed by atoms with van der Waals surface area (Å²) in [6.07, 6.45) is 3.54. The fourth-order valence-electron chi connectivity index (χ4n) is 2.13. The molecule has 0 fully saturated rings. The zero-order valence-electron chi connectivity index (χ0n) is 13.4. The third-order valence-electron chi connectivity index (χ3n) is 3.52. The second-order valence-corrected chi connectivity index (χ2v) is 8.90. The van der Waals surface area contributed by atoms with E-state index in [1.807, 2.05) is 30.5 Å². The van der Waals surface area contributed by atoms with Crippen molar-refractivity contribution in [1.29, 1.82) is 0 Å². The van der Waals surface area contributed by atoms with Crippen LogP contribution >= 0.6 is 15.9 Å². The lowest BCUT2D eigenvalue weighted by Gasteiger charge is -2.25. The van der Waals surface area contributed by atoms with Gasteiger partial charge in [-0.1, -0.05) is 28.1 Å². The Hall–Kier alpha value is -0.573. The molecule has 5 nitrogen and oxygen atoms in total. The molecule has 2 N–H and O–H groups in total. The van der Waals surface area contributed by atoms with Crippen LogP contribution in [0.1, 0.15) is 18.4 Å². The van der Waals surface area contributed by atoms with Gasteiger partial charge in [0.2, 0.25) is 0 Å². The average Bonchev–Trinajstić information content (AvgIpc) is 2.55. The summed E-state index contributed by atoms with van der Waals surface area (Å²) in [4.78, 5) is 4.65. The highest BCUT2D eigenvalue weighted by Gasteiger charge is 2.37. The lowest BCUT2D eigenvalue weighted by atomic mass is 10.1. The highest BCUT2D eigenvalue weighted by atomic mass is 79.9. The van der Waals surface area contributed by atoms with Gasteiger partial charge in [0.15, 0.2) is 0 Å². The quantitative estimate of drug-likeness (QED) is 0.494. The Bertz CT molecular complexity index is 444. The van der Waals surface area contributed by atoms with Crippen LogP contribution in [0.5, 0.6) is 0 Å². The fraction of sp³-hybridized carbons (Fsp3) is 0.533. The van der Waals surface area contributed by atoms with Crippen LogP contribution in [0.15, 0.2) is 33.7 Å².